The molecule has 92 valence electrons. The van der Waals surface area contributed by atoms with E-state index in [1.54, 1.807) is 0 Å². The summed E-state index contributed by atoms with van der Waals surface area (Å²) in [6.45, 7) is 5.02. The minimum atomic E-state index is 0.0507. The smallest absolute Gasteiger partial charge is 0.0949 e. The quantitative estimate of drug-likeness (QED) is 0.859. The van der Waals surface area contributed by atoms with E-state index in [-0.39, 0.29) is 6.04 Å². The second kappa shape index (κ2) is 5.65. The summed E-state index contributed by atoms with van der Waals surface area (Å²) in [5.41, 5.74) is 0. The van der Waals surface area contributed by atoms with Crippen LogP contribution in [0.2, 0.25) is 0 Å². The van der Waals surface area contributed by atoms with Crippen LogP contribution in [0.5, 0.6) is 0 Å². The van der Waals surface area contributed by atoms with Gasteiger partial charge in [-0.1, -0.05) is 0 Å². The van der Waals surface area contributed by atoms with Gasteiger partial charge in [0.25, 0.3) is 0 Å². The van der Waals surface area contributed by atoms with Gasteiger partial charge in [-0.2, -0.15) is 10.4 Å². The molecule has 1 aliphatic heterocycles. The molecule has 2 rings (SSSR count). The van der Waals surface area contributed by atoms with Gasteiger partial charge >= 0.3 is 0 Å². The maximum absolute atomic E-state index is 8.88. The SMILES string of the molecule is C[C@@H](C#N)N1CCC(Cn2cc(Br)cn2)CC1. The second-order valence-corrected chi connectivity index (χ2v) is 5.58. The van der Waals surface area contributed by atoms with Gasteiger partial charge in [0.2, 0.25) is 0 Å². The van der Waals surface area contributed by atoms with Gasteiger partial charge in [0.05, 0.1) is 22.8 Å². The molecular weight excluding hydrogens is 280 g/mol. The molecule has 0 amide bonds. The number of hydrogen-bond acceptors (Lipinski definition) is 3. The molecule has 0 aromatic carbocycles. The van der Waals surface area contributed by atoms with E-state index in [1.165, 1.54) is 0 Å². The standard InChI is InChI=1S/C12H17BrN4/c1-10(6-14)16-4-2-11(3-5-16)8-17-9-12(13)7-15-17/h7,9-11H,2-5,8H2,1H3/t10-/m0/s1. The number of likely N-dealkylation sites (tertiary alicyclic amines) is 1. The third-order valence-corrected chi connectivity index (χ3v) is 3.84. The van der Waals surface area contributed by atoms with E-state index >= 15 is 0 Å². The second-order valence-electron chi connectivity index (χ2n) is 4.67. The highest BCUT2D eigenvalue weighted by molar-refractivity contribution is 9.10. The van der Waals surface area contributed by atoms with Crippen molar-refractivity contribution in [3.63, 3.8) is 0 Å². The Kier molecular flexibility index (Phi) is 4.19. The van der Waals surface area contributed by atoms with Crippen molar-refractivity contribution < 1.29 is 0 Å². The van der Waals surface area contributed by atoms with Crippen molar-refractivity contribution in [2.75, 3.05) is 13.1 Å². The van der Waals surface area contributed by atoms with Crippen LogP contribution in [0.25, 0.3) is 0 Å². The molecule has 0 spiro atoms. The van der Waals surface area contributed by atoms with Gasteiger partial charge in [0.1, 0.15) is 0 Å². The van der Waals surface area contributed by atoms with E-state index in [2.05, 4.69) is 32.0 Å². The Bertz CT molecular complexity index is 401. The lowest BCUT2D eigenvalue weighted by molar-refractivity contribution is 0.154. The number of aromatic nitrogens is 2. The molecule has 4 nitrogen and oxygen atoms in total. The molecule has 0 unspecified atom stereocenters. The highest BCUT2D eigenvalue weighted by Gasteiger charge is 2.22. The average Bonchev–Trinajstić information content (AvgIpc) is 2.75. The molecule has 0 aliphatic carbocycles. The molecule has 1 atom stereocenters. The lowest BCUT2D eigenvalue weighted by atomic mass is 9.96. The van der Waals surface area contributed by atoms with Gasteiger partial charge in [-0.3, -0.25) is 9.58 Å². The first kappa shape index (κ1) is 12.6. The monoisotopic (exact) mass is 296 g/mol. The van der Waals surface area contributed by atoms with Gasteiger partial charge in [-0.25, -0.2) is 0 Å². The predicted octanol–water partition coefficient (Wildman–Crippen LogP) is 2.27. The summed E-state index contributed by atoms with van der Waals surface area (Å²) in [7, 11) is 0. The average molecular weight is 297 g/mol. The van der Waals surface area contributed by atoms with Crippen LogP contribution in [0.1, 0.15) is 19.8 Å². The molecule has 5 heteroatoms. The topological polar surface area (TPSA) is 44.9 Å². The Balaban J connectivity index is 1.82. The lowest BCUT2D eigenvalue weighted by Gasteiger charge is -2.33. The molecule has 1 fully saturated rings. The number of rotatable bonds is 3. The first-order chi connectivity index (χ1) is 8.19. The molecule has 17 heavy (non-hydrogen) atoms. The fourth-order valence-electron chi connectivity index (χ4n) is 2.31. The molecule has 1 aromatic rings. The number of nitriles is 1. The minimum absolute atomic E-state index is 0.0507. The molecule has 1 aromatic heterocycles. The summed E-state index contributed by atoms with van der Waals surface area (Å²) in [4.78, 5) is 2.26. The number of nitrogens with zero attached hydrogens (tertiary/aromatic N) is 4. The first-order valence-corrected chi connectivity index (χ1v) is 6.80. The highest BCUT2D eigenvalue weighted by atomic mass is 79.9. The third-order valence-electron chi connectivity index (χ3n) is 3.43. The Morgan fingerprint density at radius 2 is 2.29 bits per heavy atom. The van der Waals surface area contributed by atoms with Gasteiger partial charge < -0.3 is 0 Å². The molecular formula is C12H17BrN4. The van der Waals surface area contributed by atoms with Crippen LogP contribution in [0.15, 0.2) is 16.9 Å². The number of hydrogen-bond donors (Lipinski definition) is 0. The number of piperidine rings is 1. The fraction of sp³-hybridized carbons (Fsp3) is 0.667. The van der Waals surface area contributed by atoms with Gasteiger partial charge in [-0.15, -0.1) is 0 Å². The summed E-state index contributed by atoms with van der Waals surface area (Å²) in [5.74, 6) is 0.684. The molecule has 0 saturated carbocycles. The zero-order chi connectivity index (χ0) is 12.3. The van der Waals surface area contributed by atoms with Crippen LogP contribution >= 0.6 is 15.9 Å². The van der Waals surface area contributed by atoms with Crippen molar-refractivity contribution >= 4 is 15.9 Å². The summed E-state index contributed by atoms with van der Waals surface area (Å²) in [6.07, 6.45) is 6.16. The van der Waals surface area contributed by atoms with Crippen LogP contribution in [0.3, 0.4) is 0 Å². The first-order valence-electron chi connectivity index (χ1n) is 6.00. The van der Waals surface area contributed by atoms with Gasteiger partial charge in [-0.05, 0) is 54.7 Å². The molecule has 0 bridgehead atoms. The third kappa shape index (κ3) is 3.30. The van der Waals surface area contributed by atoms with Crippen molar-refractivity contribution in [2.45, 2.75) is 32.4 Å². The molecule has 1 aliphatic rings. The summed E-state index contributed by atoms with van der Waals surface area (Å²) < 4.78 is 3.03. The van der Waals surface area contributed by atoms with Crippen LogP contribution in [0, 0.1) is 17.2 Å². The van der Waals surface area contributed by atoms with Crippen molar-refractivity contribution in [2.24, 2.45) is 5.92 Å². The van der Waals surface area contributed by atoms with Crippen molar-refractivity contribution in [1.82, 2.24) is 14.7 Å². The summed E-state index contributed by atoms with van der Waals surface area (Å²) >= 11 is 3.41. The molecule has 1 saturated heterocycles. The van der Waals surface area contributed by atoms with Crippen molar-refractivity contribution in [3.05, 3.63) is 16.9 Å². The Morgan fingerprint density at radius 3 is 2.82 bits per heavy atom. The van der Waals surface area contributed by atoms with Crippen molar-refractivity contribution in [3.8, 4) is 6.07 Å². The van der Waals surface area contributed by atoms with Crippen LogP contribution < -0.4 is 0 Å². The molecule has 0 radical (unpaired) electrons. The molecule has 2 heterocycles. The van der Waals surface area contributed by atoms with Gasteiger partial charge in [0, 0.05) is 12.7 Å². The highest BCUT2D eigenvalue weighted by Crippen LogP contribution is 2.20. The Hall–Kier alpha value is -0.860. The van der Waals surface area contributed by atoms with Crippen LogP contribution in [0.4, 0.5) is 0 Å². The van der Waals surface area contributed by atoms with E-state index in [0.29, 0.717) is 5.92 Å². The molecule has 0 N–H and O–H groups in total. The maximum atomic E-state index is 8.88. The van der Waals surface area contributed by atoms with Gasteiger partial charge in [0.15, 0.2) is 0 Å². The van der Waals surface area contributed by atoms with E-state index in [9.17, 15) is 0 Å². The Morgan fingerprint density at radius 1 is 1.59 bits per heavy atom. The van der Waals surface area contributed by atoms with E-state index in [1.807, 2.05) is 24.0 Å². The zero-order valence-corrected chi connectivity index (χ0v) is 11.6. The van der Waals surface area contributed by atoms with E-state index in [4.69, 9.17) is 5.26 Å². The number of halogens is 1. The largest absolute Gasteiger partial charge is 0.288 e. The summed E-state index contributed by atoms with van der Waals surface area (Å²) in [5, 5.41) is 13.2. The van der Waals surface area contributed by atoms with E-state index in [0.717, 1.165) is 36.9 Å². The predicted molar refractivity (Wildman–Crippen MR) is 69.3 cm³/mol. The van der Waals surface area contributed by atoms with Crippen LogP contribution in [-0.4, -0.2) is 33.8 Å². The fourth-order valence-corrected chi connectivity index (χ4v) is 2.64. The van der Waals surface area contributed by atoms with Crippen molar-refractivity contribution in [1.29, 1.82) is 5.26 Å². The maximum Gasteiger partial charge on any atom is 0.0949 e. The van der Waals surface area contributed by atoms with E-state index < -0.39 is 0 Å². The zero-order valence-electron chi connectivity index (χ0n) is 10.0. The minimum Gasteiger partial charge on any atom is -0.288 e. The normalized spacial score (nSPS) is 20.1. The summed E-state index contributed by atoms with van der Waals surface area (Å²) in [6, 6.07) is 2.36. The lowest BCUT2D eigenvalue weighted by Crippen LogP contribution is -2.40. The Labute approximate surface area is 110 Å². The van der Waals surface area contributed by atoms with Crippen LogP contribution in [-0.2, 0) is 6.54 Å².